The lowest BCUT2D eigenvalue weighted by atomic mass is 9.44. The highest BCUT2D eigenvalue weighted by molar-refractivity contribution is 5.10. The zero-order valence-electron chi connectivity index (χ0n) is 28.3. The Morgan fingerprint density at radius 1 is 0.683 bits per heavy atom. The molecule has 41 heavy (non-hydrogen) atoms. The molecular weight excluding hydrogens is 500 g/mol. The van der Waals surface area contributed by atoms with Gasteiger partial charge in [0, 0.05) is 6.04 Å². The van der Waals surface area contributed by atoms with E-state index < -0.39 is 0 Å². The molecule has 5 unspecified atom stereocenters. The molecule has 0 spiro atoms. The van der Waals surface area contributed by atoms with E-state index >= 15 is 0 Å². The number of nitrogens with two attached hydrogens (primary N) is 1. The highest BCUT2D eigenvalue weighted by Crippen LogP contribution is 2.68. The monoisotopic (exact) mass is 573 g/mol. The highest BCUT2D eigenvalue weighted by Gasteiger charge is 2.60. The molecule has 0 amide bonds. The van der Waals surface area contributed by atoms with Crippen molar-refractivity contribution in [3.63, 3.8) is 0 Å². The predicted molar refractivity (Wildman–Crippen MR) is 178 cm³/mol. The molecule has 0 radical (unpaired) electrons. The van der Waals surface area contributed by atoms with Crippen molar-refractivity contribution in [3.8, 4) is 0 Å². The average Bonchev–Trinajstić information content (AvgIpc) is 3.30. The topological polar surface area (TPSA) is 62.1 Å². The van der Waals surface area contributed by atoms with E-state index in [1.54, 1.807) is 12.8 Å². The lowest BCUT2D eigenvalue weighted by Crippen LogP contribution is -2.55. The third-order valence-electron chi connectivity index (χ3n) is 13.3. The van der Waals surface area contributed by atoms with Crippen LogP contribution in [-0.4, -0.2) is 45.3 Å². The normalized spacial score (nSPS) is 37.5. The van der Waals surface area contributed by atoms with Crippen LogP contribution in [0.4, 0.5) is 0 Å². The fourth-order valence-corrected chi connectivity index (χ4v) is 11.0. The van der Waals surface area contributed by atoms with Crippen LogP contribution in [0.1, 0.15) is 137 Å². The van der Waals surface area contributed by atoms with Crippen LogP contribution in [0.15, 0.2) is 0 Å². The van der Waals surface area contributed by atoms with Crippen LogP contribution >= 0.6 is 0 Å². The molecule has 0 saturated heterocycles. The van der Waals surface area contributed by atoms with Gasteiger partial charge in [-0.2, -0.15) is 0 Å². The first kappa shape index (κ1) is 33.7. The molecule has 4 aliphatic rings. The molecule has 0 aromatic heterocycles. The molecule has 5 N–H and O–H groups in total. The Morgan fingerprint density at radius 3 is 2.10 bits per heavy atom. The van der Waals surface area contributed by atoms with Crippen molar-refractivity contribution in [2.75, 3.05) is 39.3 Å². The minimum atomic E-state index is 0.615. The van der Waals surface area contributed by atoms with Gasteiger partial charge in [-0.3, -0.25) is 0 Å². The molecule has 4 aliphatic carbocycles. The molecule has 4 fully saturated rings. The SMILES string of the molecule is CC(C)CCCC(C)[C@H]1CCC2C3CCC4C[C@@H](NCCCNCCCCNCCCN)CC[C@]4(C)C3CC[C@@]21C. The van der Waals surface area contributed by atoms with Crippen LogP contribution in [0.5, 0.6) is 0 Å². The summed E-state index contributed by atoms with van der Waals surface area (Å²) in [5.41, 5.74) is 6.80. The number of hydrogen-bond donors (Lipinski definition) is 4. The summed E-state index contributed by atoms with van der Waals surface area (Å²) in [6.07, 6.45) is 22.7. The van der Waals surface area contributed by atoms with E-state index in [2.05, 4.69) is 50.6 Å². The van der Waals surface area contributed by atoms with E-state index in [-0.39, 0.29) is 0 Å². The fraction of sp³-hybridized carbons (Fsp3) is 1.00. The van der Waals surface area contributed by atoms with Gasteiger partial charge in [0.25, 0.3) is 0 Å². The van der Waals surface area contributed by atoms with Gasteiger partial charge in [-0.15, -0.1) is 0 Å². The van der Waals surface area contributed by atoms with Crippen molar-refractivity contribution in [1.29, 1.82) is 0 Å². The van der Waals surface area contributed by atoms with Gasteiger partial charge in [-0.05, 0) is 175 Å². The van der Waals surface area contributed by atoms with E-state index in [0.29, 0.717) is 10.8 Å². The fourth-order valence-electron chi connectivity index (χ4n) is 11.0. The third kappa shape index (κ3) is 8.52. The van der Waals surface area contributed by atoms with Gasteiger partial charge in [0.15, 0.2) is 0 Å². The Labute approximate surface area is 256 Å². The number of hydrogen-bond acceptors (Lipinski definition) is 4. The first-order valence-electron chi connectivity index (χ1n) is 18.6. The quantitative estimate of drug-likeness (QED) is 0.127. The molecule has 4 saturated carbocycles. The molecule has 0 heterocycles. The second-order valence-corrected chi connectivity index (χ2v) is 16.3. The molecule has 4 nitrogen and oxygen atoms in total. The van der Waals surface area contributed by atoms with Gasteiger partial charge in [0.1, 0.15) is 0 Å². The van der Waals surface area contributed by atoms with Crippen LogP contribution in [0.2, 0.25) is 0 Å². The van der Waals surface area contributed by atoms with Gasteiger partial charge in [0.05, 0.1) is 0 Å². The highest BCUT2D eigenvalue weighted by atomic mass is 14.9. The van der Waals surface area contributed by atoms with Crippen LogP contribution < -0.4 is 21.7 Å². The Balaban J connectivity index is 1.16. The van der Waals surface area contributed by atoms with E-state index in [9.17, 15) is 0 Å². The molecule has 0 bridgehead atoms. The molecule has 9 atom stereocenters. The van der Waals surface area contributed by atoms with E-state index in [0.717, 1.165) is 86.6 Å². The van der Waals surface area contributed by atoms with Crippen LogP contribution in [-0.2, 0) is 0 Å². The molecule has 0 aromatic rings. The third-order valence-corrected chi connectivity index (χ3v) is 13.3. The van der Waals surface area contributed by atoms with Crippen LogP contribution in [0.25, 0.3) is 0 Å². The summed E-state index contributed by atoms with van der Waals surface area (Å²) in [6, 6.07) is 0.764. The van der Waals surface area contributed by atoms with Crippen molar-refractivity contribution in [2.24, 2.45) is 58.0 Å². The first-order valence-corrected chi connectivity index (χ1v) is 18.6. The molecule has 240 valence electrons. The minimum absolute atomic E-state index is 0.615. The Bertz CT molecular complexity index is 740. The summed E-state index contributed by atoms with van der Waals surface area (Å²) in [4.78, 5) is 0. The zero-order valence-corrected chi connectivity index (χ0v) is 28.3. The molecule has 0 aliphatic heterocycles. The van der Waals surface area contributed by atoms with Crippen molar-refractivity contribution in [3.05, 3.63) is 0 Å². The maximum Gasteiger partial charge on any atom is 0.00701 e. The second kappa shape index (κ2) is 16.2. The molecule has 4 rings (SSSR count). The van der Waals surface area contributed by atoms with E-state index in [1.165, 1.54) is 90.0 Å². The number of nitrogens with one attached hydrogen (secondary N) is 3. The van der Waals surface area contributed by atoms with Gasteiger partial charge in [-0.1, -0.05) is 53.9 Å². The summed E-state index contributed by atoms with van der Waals surface area (Å²) in [5.74, 6) is 6.80. The molecule has 4 heteroatoms. The lowest BCUT2D eigenvalue weighted by molar-refractivity contribution is -0.118. The summed E-state index contributed by atoms with van der Waals surface area (Å²) in [6.45, 7) is 19.4. The summed E-state index contributed by atoms with van der Waals surface area (Å²) in [7, 11) is 0. The number of unbranched alkanes of at least 4 members (excludes halogenated alkanes) is 1. The molecule has 0 aromatic carbocycles. The summed E-state index contributed by atoms with van der Waals surface area (Å²) in [5, 5.41) is 11.1. The molecular formula is C37H72N4. The Kier molecular flexibility index (Phi) is 13.4. The number of fused-ring (bicyclic) bond motifs is 5. The number of rotatable bonds is 18. The van der Waals surface area contributed by atoms with Gasteiger partial charge < -0.3 is 21.7 Å². The van der Waals surface area contributed by atoms with Crippen LogP contribution in [0.3, 0.4) is 0 Å². The smallest absolute Gasteiger partial charge is 0.00701 e. The predicted octanol–water partition coefficient (Wildman–Crippen LogP) is 7.76. The van der Waals surface area contributed by atoms with Gasteiger partial charge in [0.2, 0.25) is 0 Å². The van der Waals surface area contributed by atoms with E-state index in [4.69, 9.17) is 5.73 Å². The van der Waals surface area contributed by atoms with Gasteiger partial charge >= 0.3 is 0 Å². The standard InChI is InChI=1S/C37H72N4/c1-28(2)11-8-12-29(3)33-15-16-34-32-14-13-30-27-31(17-19-36(30,4)35(32)18-20-37(33,34)5)41-26-10-25-40-23-7-6-22-39-24-9-21-38/h28-35,39-41H,6-27,38H2,1-5H3/t29?,30?,31-,32?,33+,34?,35?,36-,37+/m0/s1. The zero-order chi connectivity index (χ0) is 29.3. The van der Waals surface area contributed by atoms with Crippen molar-refractivity contribution < 1.29 is 0 Å². The Morgan fingerprint density at radius 2 is 1.37 bits per heavy atom. The largest absolute Gasteiger partial charge is 0.330 e. The van der Waals surface area contributed by atoms with Gasteiger partial charge in [-0.25, -0.2) is 0 Å². The maximum absolute atomic E-state index is 5.55. The van der Waals surface area contributed by atoms with Crippen molar-refractivity contribution in [2.45, 2.75) is 143 Å². The second-order valence-electron chi connectivity index (χ2n) is 16.3. The van der Waals surface area contributed by atoms with Crippen LogP contribution in [0, 0.1) is 52.3 Å². The lowest BCUT2D eigenvalue weighted by Gasteiger charge is -2.61. The Hall–Kier alpha value is -0.160. The van der Waals surface area contributed by atoms with Crippen molar-refractivity contribution in [1.82, 2.24) is 16.0 Å². The minimum Gasteiger partial charge on any atom is -0.330 e. The van der Waals surface area contributed by atoms with E-state index in [1.807, 2.05) is 0 Å². The summed E-state index contributed by atoms with van der Waals surface area (Å²) >= 11 is 0. The maximum atomic E-state index is 5.55. The summed E-state index contributed by atoms with van der Waals surface area (Å²) < 4.78 is 0. The first-order chi connectivity index (χ1) is 19.8. The van der Waals surface area contributed by atoms with Crippen molar-refractivity contribution >= 4 is 0 Å². The average molecular weight is 573 g/mol.